The predicted molar refractivity (Wildman–Crippen MR) is 80.6 cm³/mol. The lowest BCUT2D eigenvalue weighted by atomic mass is 9.77. The molecule has 1 atom stereocenters. The molecule has 1 unspecified atom stereocenters. The minimum absolute atomic E-state index is 0.0246. The Balaban J connectivity index is 2.39. The molecule has 0 radical (unpaired) electrons. The number of nitrogens with zero attached hydrogens (tertiary/aromatic N) is 2. The summed E-state index contributed by atoms with van der Waals surface area (Å²) in [4.78, 5) is 0. The molecule has 1 aromatic carbocycles. The van der Waals surface area contributed by atoms with Crippen molar-refractivity contribution in [1.29, 1.82) is 0 Å². The molecule has 1 aromatic heterocycles. The average molecular weight is 273 g/mol. The van der Waals surface area contributed by atoms with E-state index < -0.39 is 5.41 Å². The molecular formula is C16H23N3O. The molecule has 108 valence electrons. The van der Waals surface area contributed by atoms with Crippen LogP contribution in [0.3, 0.4) is 0 Å². The number of aryl methyl sites for hydroxylation is 3. The minimum atomic E-state index is -0.450. The Morgan fingerprint density at radius 2 is 1.90 bits per heavy atom. The monoisotopic (exact) mass is 273 g/mol. The molecule has 0 aliphatic rings. The van der Waals surface area contributed by atoms with Crippen LogP contribution in [0.5, 0.6) is 0 Å². The maximum absolute atomic E-state index is 9.95. The van der Waals surface area contributed by atoms with Gasteiger partial charge in [-0.15, -0.1) is 0 Å². The van der Waals surface area contributed by atoms with E-state index in [-0.39, 0.29) is 6.61 Å². The molecule has 0 bridgehead atoms. The molecule has 0 spiro atoms. The second-order valence-electron chi connectivity index (χ2n) is 5.59. The Bertz CT molecular complexity index is 568. The quantitative estimate of drug-likeness (QED) is 0.867. The van der Waals surface area contributed by atoms with Crippen LogP contribution in [0.25, 0.3) is 0 Å². The van der Waals surface area contributed by atoms with Gasteiger partial charge in [-0.3, -0.25) is 4.68 Å². The molecule has 4 nitrogen and oxygen atoms in total. The lowest BCUT2D eigenvalue weighted by Crippen LogP contribution is -2.41. The highest BCUT2D eigenvalue weighted by Gasteiger charge is 2.31. The smallest absolute Gasteiger partial charge is 0.0596 e. The van der Waals surface area contributed by atoms with E-state index in [1.54, 1.807) is 0 Å². The zero-order valence-corrected chi connectivity index (χ0v) is 12.4. The van der Waals surface area contributed by atoms with Crippen molar-refractivity contribution in [3.05, 3.63) is 52.8 Å². The topological polar surface area (TPSA) is 64.1 Å². The summed E-state index contributed by atoms with van der Waals surface area (Å²) in [5.41, 5.74) is 9.90. The van der Waals surface area contributed by atoms with Crippen LogP contribution in [0.2, 0.25) is 0 Å². The average Bonchev–Trinajstić information content (AvgIpc) is 2.75. The van der Waals surface area contributed by atoms with E-state index in [4.69, 9.17) is 5.73 Å². The van der Waals surface area contributed by atoms with E-state index in [0.29, 0.717) is 13.0 Å². The molecule has 1 heterocycles. The second kappa shape index (κ2) is 5.77. The highest BCUT2D eigenvalue weighted by atomic mass is 16.3. The molecule has 2 rings (SSSR count). The van der Waals surface area contributed by atoms with Crippen LogP contribution in [0.1, 0.15) is 22.5 Å². The molecule has 4 heteroatoms. The minimum Gasteiger partial charge on any atom is -0.395 e. The predicted octanol–water partition coefficient (Wildman–Crippen LogP) is 1.47. The Labute approximate surface area is 120 Å². The lowest BCUT2D eigenvalue weighted by molar-refractivity contribution is 0.194. The van der Waals surface area contributed by atoms with Gasteiger partial charge in [-0.25, -0.2) is 0 Å². The number of benzene rings is 1. The normalized spacial score (nSPS) is 14.2. The Hall–Kier alpha value is -1.65. The molecule has 20 heavy (non-hydrogen) atoms. The fourth-order valence-corrected chi connectivity index (χ4v) is 2.59. The van der Waals surface area contributed by atoms with E-state index in [1.807, 2.05) is 24.7 Å². The first kappa shape index (κ1) is 14.8. The standard InChI is InChI=1S/C16H23N3O/c1-12-4-6-14(7-5-12)16(10-17,11-20)9-15-8-13(2)18-19(15)3/h4-8,20H,9-11,17H2,1-3H3. The summed E-state index contributed by atoms with van der Waals surface area (Å²) in [6.45, 7) is 4.45. The summed E-state index contributed by atoms with van der Waals surface area (Å²) >= 11 is 0. The Morgan fingerprint density at radius 3 is 2.35 bits per heavy atom. The third-order valence-electron chi connectivity index (χ3n) is 3.98. The van der Waals surface area contributed by atoms with Gasteiger partial charge >= 0.3 is 0 Å². The third-order valence-corrected chi connectivity index (χ3v) is 3.98. The molecule has 0 amide bonds. The van der Waals surface area contributed by atoms with Crippen LogP contribution in [0, 0.1) is 13.8 Å². The van der Waals surface area contributed by atoms with Crippen molar-refractivity contribution in [3.63, 3.8) is 0 Å². The summed E-state index contributed by atoms with van der Waals surface area (Å²) < 4.78 is 1.86. The number of aromatic nitrogens is 2. The lowest BCUT2D eigenvalue weighted by Gasteiger charge is -2.31. The van der Waals surface area contributed by atoms with Crippen molar-refractivity contribution in [2.75, 3.05) is 13.2 Å². The summed E-state index contributed by atoms with van der Waals surface area (Å²) in [7, 11) is 1.93. The van der Waals surface area contributed by atoms with Gasteiger partial charge in [0, 0.05) is 31.1 Å². The first-order valence-corrected chi connectivity index (χ1v) is 6.88. The second-order valence-corrected chi connectivity index (χ2v) is 5.59. The maximum Gasteiger partial charge on any atom is 0.0596 e. The Morgan fingerprint density at radius 1 is 1.25 bits per heavy atom. The molecule has 0 aliphatic carbocycles. The summed E-state index contributed by atoms with van der Waals surface area (Å²) in [6, 6.07) is 10.3. The van der Waals surface area contributed by atoms with Crippen LogP contribution in [0.4, 0.5) is 0 Å². The van der Waals surface area contributed by atoms with Crippen molar-refractivity contribution in [3.8, 4) is 0 Å². The van der Waals surface area contributed by atoms with Gasteiger partial charge in [-0.2, -0.15) is 5.10 Å². The van der Waals surface area contributed by atoms with Crippen molar-refractivity contribution in [2.24, 2.45) is 12.8 Å². The van der Waals surface area contributed by atoms with Gasteiger partial charge in [-0.05, 0) is 25.5 Å². The fraction of sp³-hybridized carbons (Fsp3) is 0.438. The van der Waals surface area contributed by atoms with Gasteiger partial charge in [0.25, 0.3) is 0 Å². The summed E-state index contributed by atoms with van der Waals surface area (Å²) in [6.07, 6.45) is 0.681. The van der Waals surface area contributed by atoms with E-state index in [0.717, 1.165) is 17.0 Å². The first-order chi connectivity index (χ1) is 9.50. The van der Waals surface area contributed by atoms with Crippen molar-refractivity contribution in [1.82, 2.24) is 9.78 Å². The zero-order valence-electron chi connectivity index (χ0n) is 12.4. The highest BCUT2D eigenvalue weighted by molar-refractivity contribution is 5.31. The van der Waals surface area contributed by atoms with E-state index in [1.165, 1.54) is 5.56 Å². The molecule has 2 aromatic rings. The van der Waals surface area contributed by atoms with Gasteiger partial charge in [-0.1, -0.05) is 29.8 Å². The first-order valence-electron chi connectivity index (χ1n) is 6.88. The fourth-order valence-electron chi connectivity index (χ4n) is 2.59. The van der Waals surface area contributed by atoms with Crippen LogP contribution in [-0.4, -0.2) is 28.0 Å². The molecule has 0 aliphatic heterocycles. The van der Waals surface area contributed by atoms with Crippen LogP contribution in [-0.2, 0) is 18.9 Å². The number of rotatable bonds is 5. The van der Waals surface area contributed by atoms with Gasteiger partial charge in [0.05, 0.1) is 12.3 Å². The van der Waals surface area contributed by atoms with Gasteiger partial charge in [0.2, 0.25) is 0 Å². The maximum atomic E-state index is 9.95. The largest absolute Gasteiger partial charge is 0.395 e. The van der Waals surface area contributed by atoms with Crippen LogP contribution >= 0.6 is 0 Å². The SMILES string of the molecule is Cc1ccc(C(CN)(CO)Cc2cc(C)nn2C)cc1. The van der Waals surface area contributed by atoms with Crippen molar-refractivity contribution >= 4 is 0 Å². The summed E-state index contributed by atoms with van der Waals surface area (Å²) in [5, 5.41) is 14.3. The molecule has 0 saturated carbocycles. The number of hydrogen-bond donors (Lipinski definition) is 2. The van der Waals surface area contributed by atoms with Crippen LogP contribution in [0.15, 0.2) is 30.3 Å². The van der Waals surface area contributed by atoms with E-state index in [9.17, 15) is 5.11 Å². The molecule has 0 fully saturated rings. The van der Waals surface area contributed by atoms with Gasteiger partial charge in [0.15, 0.2) is 0 Å². The molecular weight excluding hydrogens is 250 g/mol. The van der Waals surface area contributed by atoms with Gasteiger partial charge in [0.1, 0.15) is 0 Å². The Kier molecular flexibility index (Phi) is 4.26. The number of aliphatic hydroxyl groups is 1. The van der Waals surface area contributed by atoms with Crippen molar-refractivity contribution in [2.45, 2.75) is 25.7 Å². The van der Waals surface area contributed by atoms with E-state index >= 15 is 0 Å². The number of aliphatic hydroxyl groups excluding tert-OH is 1. The number of nitrogens with two attached hydrogens (primary N) is 1. The molecule has 0 saturated heterocycles. The van der Waals surface area contributed by atoms with Gasteiger partial charge < -0.3 is 10.8 Å². The molecule has 3 N–H and O–H groups in total. The van der Waals surface area contributed by atoms with Crippen molar-refractivity contribution < 1.29 is 5.11 Å². The van der Waals surface area contributed by atoms with Crippen LogP contribution < -0.4 is 5.73 Å². The zero-order chi connectivity index (χ0) is 14.8. The summed E-state index contributed by atoms with van der Waals surface area (Å²) in [5.74, 6) is 0. The third kappa shape index (κ3) is 2.76. The highest BCUT2D eigenvalue weighted by Crippen LogP contribution is 2.28. The number of hydrogen-bond acceptors (Lipinski definition) is 3. The van der Waals surface area contributed by atoms with E-state index in [2.05, 4.69) is 36.3 Å².